The molecule has 1 aliphatic carbocycles. The summed E-state index contributed by atoms with van der Waals surface area (Å²) in [4.78, 5) is 19.1. The second-order valence-electron chi connectivity index (χ2n) is 5.49. The lowest BCUT2D eigenvalue weighted by molar-refractivity contribution is 0.242. The van der Waals surface area contributed by atoms with Crippen molar-refractivity contribution in [3.05, 3.63) is 46.4 Å². The Hall–Kier alpha value is -2.10. The average molecular weight is 270 g/mol. The minimum absolute atomic E-state index is 0.0907. The Kier molecular flexibility index (Phi) is 3.30. The van der Waals surface area contributed by atoms with E-state index in [1.165, 1.54) is 0 Å². The highest BCUT2D eigenvalue weighted by atomic mass is 16.5. The van der Waals surface area contributed by atoms with Gasteiger partial charge in [-0.3, -0.25) is 4.79 Å². The van der Waals surface area contributed by atoms with Gasteiger partial charge in [-0.1, -0.05) is 12.1 Å². The van der Waals surface area contributed by atoms with Crippen LogP contribution in [0.1, 0.15) is 38.3 Å². The Bertz CT molecular complexity index is 672. The number of nitrogens with zero attached hydrogens (tertiary/aromatic N) is 1. The molecule has 0 saturated heterocycles. The van der Waals surface area contributed by atoms with Crippen LogP contribution >= 0.6 is 0 Å². The molecule has 1 fully saturated rings. The molecule has 4 nitrogen and oxygen atoms in total. The van der Waals surface area contributed by atoms with E-state index in [9.17, 15) is 4.79 Å². The number of aromatic nitrogens is 2. The molecule has 0 atom stereocenters. The fraction of sp³-hybridized carbons (Fsp3) is 0.375. The van der Waals surface area contributed by atoms with Gasteiger partial charge in [0.05, 0.1) is 11.8 Å². The summed E-state index contributed by atoms with van der Waals surface area (Å²) in [7, 11) is 0. The Labute approximate surface area is 117 Å². The smallest absolute Gasteiger partial charge is 0.251 e. The van der Waals surface area contributed by atoms with E-state index in [1.807, 2.05) is 38.1 Å². The molecule has 1 N–H and O–H groups in total. The topological polar surface area (TPSA) is 55.0 Å². The molecule has 0 spiro atoms. The molecule has 0 unspecified atom stereocenters. The predicted molar refractivity (Wildman–Crippen MR) is 78.0 cm³/mol. The van der Waals surface area contributed by atoms with Crippen LogP contribution in [-0.4, -0.2) is 16.1 Å². The zero-order valence-electron chi connectivity index (χ0n) is 11.7. The second-order valence-corrected chi connectivity index (χ2v) is 5.49. The van der Waals surface area contributed by atoms with Gasteiger partial charge in [-0.25, -0.2) is 4.98 Å². The maximum absolute atomic E-state index is 11.8. The summed E-state index contributed by atoms with van der Waals surface area (Å²) < 4.78 is 5.68. The summed E-state index contributed by atoms with van der Waals surface area (Å²) in [6.07, 6.45) is 2.38. The lowest BCUT2D eigenvalue weighted by Gasteiger charge is -2.11. The first kappa shape index (κ1) is 12.9. The minimum Gasteiger partial charge on any atom is -0.491 e. The quantitative estimate of drug-likeness (QED) is 0.928. The molecule has 1 aromatic carbocycles. The number of ether oxygens (including phenoxy) is 1. The summed E-state index contributed by atoms with van der Waals surface area (Å²) in [5.74, 6) is 1.87. The van der Waals surface area contributed by atoms with Crippen molar-refractivity contribution in [3.63, 3.8) is 0 Å². The summed E-state index contributed by atoms with van der Waals surface area (Å²) in [5, 5.41) is 0. The number of hydrogen-bond donors (Lipinski definition) is 1. The van der Waals surface area contributed by atoms with Crippen molar-refractivity contribution >= 4 is 0 Å². The predicted octanol–water partition coefficient (Wildman–Crippen LogP) is 3.10. The van der Waals surface area contributed by atoms with Crippen molar-refractivity contribution in [2.24, 2.45) is 0 Å². The third-order valence-electron chi connectivity index (χ3n) is 3.24. The van der Waals surface area contributed by atoms with Crippen molar-refractivity contribution in [1.29, 1.82) is 0 Å². The summed E-state index contributed by atoms with van der Waals surface area (Å²) in [6, 6.07) is 9.27. The first-order chi connectivity index (χ1) is 9.61. The molecule has 0 aliphatic heterocycles. The third kappa shape index (κ3) is 2.90. The third-order valence-corrected chi connectivity index (χ3v) is 3.24. The Morgan fingerprint density at radius 2 is 2.10 bits per heavy atom. The van der Waals surface area contributed by atoms with Gasteiger partial charge in [-0.05, 0) is 38.8 Å². The van der Waals surface area contributed by atoms with E-state index < -0.39 is 0 Å². The summed E-state index contributed by atoms with van der Waals surface area (Å²) >= 11 is 0. The normalized spacial score (nSPS) is 14.6. The van der Waals surface area contributed by atoms with E-state index in [2.05, 4.69) is 9.97 Å². The Balaban J connectivity index is 1.97. The molecule has 0 radical (unpaired) electrons. The molecule has 4 heteroatoms. The van der Waals surface area contributed by atoms with E-state index in [4.69, 9.17) is 4.74 Å². The number of aromatic amines is 1. The van der Waals surface area contributed by atoms with Crippen molar-refractivity contribution in [3.8, 4) is 17.1 Å². The minimum atomic E-state index is -0.0907. The van der Waals surface area contributed by atoms with Crippen LogP contribution in [0.15, 0.2) is 35.1 Å². The molecule has 3 rings (SSSR count). The van der Waals surface area contributed by atoms with Crippen molar-refractivity contribution in [1.82, 2.24) is 9.97 Å². The van der Waals surface area contributed by atoms with Crippen LogP contribution < -0.4 is 10.3 Å². The van der Waals surface area contributed by atoms with Gasteiger partial charge in [-0.2, -0.15) is 0 Å². The molecule has 2 aromatic rings. The fourth-order valence-corrected chi connectivity index (χ4v) is 2.19. The standard InChI is InChI=1S/C16H18N2O2/c1-10(2)20-13-5-3-4-12(8-13)16-17-14(11-6-7-11)9-15(19)18-16/h3-5,8-11H,6-7H2,1-2H3,(H,17,18,19). The molecule has 0 bridgehead atoms. The SMILES string of the molecule is CC(C)Oc1cccc(-c2nc(C3CC3)cc(=O)[nH]2)c1. The fourth-order valence-electron chi connectivity index (χ4n) is 2.19. The molecule has 1 aromatic heterocycles. The number of benzene rings is 1. The lowest BCUT2D eigenvalue weighted by atomic mass is 10.2. The van der Waals surface area contributed by atoms with Gasteiger partial charge < -0.3 is 9.72 Å². The zero-order chi connectivity index (χ0) is 14.1. The van der Waals surface area contributed by atoms with Gasteiger partial charge in [0.2, 0.25) is 0 Å². The molecule has 20 heavy (non-hydrogen) atoms. The number of H-pyrrole nitrogens is 1. The average Bonchev–Trinajstić information content (AvgIpc) is 3.22. The number of hydrogen-bond acceptors (Lipinski definition) is 3. The second kappa shape index (κ2) is 5.12. The zero-order valence-corrected chi connectivity index (χ0v) is 11.7. The van der Waals surface area contributed by atoms with Gasteiger partial charge in [0.1, 0.15) is 11.6 Å². The number of nitrogens with one attached hydrogen (secondary N) is 1. The Morgan fingerprint density at radius 1 is 1.30 bits per heavy atom. The monoisotopic (exact) mass is 270 g/mol. The molecule has 1 aliphatic rings. The first-order valence-electron chi connectivity index (χ1n) is 7.00. The van der Waals surface area contributed by atoms with Gasteiger partial charge in [-0.15, -0.1) is 0 Å². The molecule has 1 saturated carbocycles. The molecular weight excluding hydrogens is 252 g/mol. The largest absolute Gasteiger partial charge is 0.491 e. The van der Waals surface area contributed by atoms with Crippen molar-refractivity contribution in [2.45, 2.75) is 38.7 Å². The molecule has 0 amide bonds. The molecule has 1 heterocycles. The van der Waals surface area contributed by atoms with E-state index in [-0.39, 0.29) is 11.7 Å². The summed E-state index contributed by atoms with van der Waals surface area (Å²) in [5.41, 5.74) is 1.69. The number of rotatable bonds is 4. The van der Waals surface area contributed by atoms with Crippen LogP contribution in [0.5, 0.6) is 5.75 Å². The van der Waals surface area contributed by atoms with E-state index >= 15 is 0 Å². The van der Waals surface area contributed by atoms with E-state index in [0.29, 0.717) is 11.7 Å². The maximum atomic E-state index is 11.8. The summed E-state index contributed by atoms with van der Waals surface area (Å²) in [6.45, 7) is 3.97. The van der Waals surface area contributed by atoms with Gasteiger partial charge in [0.15, 0.2) is 0 Å². The first-order valence-corrected chi connectivity index (χ1v) is 7.00. The van der Waals surface area contributed by atoms with Gasteiger partial charge in [0, 0.05) is 17.5 Å². The molecule has 104 valence electrons. The van der Waals surface area contributed by atoms with E-state index in [0.717, 1.165) is 29.8 Å². The highest BCUT2D eigenvalue weighted by Gasteiger charge is 2.25. The van der Waals surface area contributed by atoms with Crippen LogP contribution in [0.4, 0.5) is 0 Å². The highest BCUT2D eigenvalue weighted by molar-refractivity contribution is 5.57. The van der Waals surface area contributed by atoms with E-state index in [1.54, 1.807) is 6.07 Å². The Morgan fingerprint density at radius 3 is 2.80 bits per heavy atom. The van der Waals surface area contributed by atoms with Crippen molar-refractivity contribution in [2.75, 3.05) is 0 Å². The van der Waals surface area contributed by atoms with Gasteiger partial charge in [0.25, 0.3) is 5.56 Å². The van der Waals surface area contributed by atoms with Crippen LogP contribution in [-0.2, 0) is 0 Å². The van der Waals surface area contributed by atoms with Crippen LogP contribution in [0.2, 0.25) is 0 Å². The molecular formula is C16H18N2O2. The lowest BCUT2D eigenvalue weighted by Crippen LogP contribution is -2.10. The van der Waals surface area contributed by atoms with Crippen LogP contribution in [0, 0.1) is 0 Å². The maximum Gasteiger partial charge on any atom is 0.251 e. The van der Waals surface area contributed by atoms with Crippen LogP contribution in [0.25, 0.3) is 11.4 Å². The van der Waals surface area contributed by atoms with Crippen LogP contribution in [0.3, 0.4) is 0 Å². The highest BCUT2D eigenvalue weighted by Crippen LogP contribution is 2.38. The van der Waals surface area contributed by atoms with Crippen molar-refractivity contribution < 1.29 is 4.74 Å². The van der Waals surface area contributed by atoms with Gasteiger partial charge >= 0.3 is 0 Å².